The molecule has 0 saturated carbocycles. The molecule has 0 amide bonds. The molecule has 1 unspecified atom stereocenters. The zero-order chi connectivity index (χ0) is 14.4. The van der Waals surface area contributed by atoms with E-state index >= 15 is 0 Å². The summed E-state index contributed by atoms with van der Waals surface area (Å²) in [5.74, 6) is 1.03. The Kier molecular flexibility index (Phi) is 6.32. The molecule has 0 bridgehead atoms. The summed E-state index contributed by atoms with van der Waals surface area (Å²) in [6.45, 7) is 8.25. The normalized spacial score (nSPS) is 12.8. The molecule has 0 aliphatic heterocycles. The Balaban J connectivity index is 2.72. The molecular weight excluding hydrogens is 236 g/mol. The van der Waals surface area contributed by atoms with Crippen LogP contribution in [-0.4, -0.2) is 38.2 Å². The quantitative estimate of drug-likeness (QED) is 0.822. The number of likely N-dealkylation sites (N-methyl/N-ethyl adjacent to an activating group) is 1. The number of nitrogens with zero attached hydrogens (tertiary/aromatic N) is 1. The largest absolute Gasteiger partial charge is 0.496 e. The molecule has 0 aliphatic carbocycles. The van der Waals surface area contributed by atoms with E-state index in [1.807, 2.05) is 0 Å². The van der Waals surface area contributed by atoms with Gasteiger partial charge in [0, 0.05) is 12.6 Å². The van der Waals surface area contributed by atoms with Gasteiger partial charge in [-0.15, -0.1) is 0 Å². The highest BCUT2D eigenvalue weighted by Crippen LogP contribution is 2.25. The first-order valence-electron chi connectivity index (χ1n) is 7.04. The first-order chi connectivity index (χ1) is 8.99. The minimum atomic E-state index is 0.530. The Morgan fingerprint density at radius 1 is 1.32 bits per heavy atom. The molecule has 1 aromatic carbocycles. The fraction of sp³-hybridized carbons (Fsp3) is 0.625. The zero-order valence-corrected chi connectivity index (χ0v) is 13.0. The van der Waals surface area contributed by atoms with E-state index in [4.69, 9.17) is 10.5 Å². The number of nitrogens with two attached hydrogens (primary N) is 1. The Hall–Kier alpha value is -1.06. The molecule has 0 heterocycles. The molecule has 1 rings (SSSR count). The second-order valence-corrected chi connectivity index (χ2v) is 5.43. The van der Waals surface area contributed by atoms with Crippen LogP contribution in [0.4, 0.5) is 0 Å². The van der Waals surface area contributed by atoms with Crippen molar-refractivity contribution in [3.05, 3.63) is 28.8 Å². The summed E-state index contributed by atoms with van der Waals surface area (Å²) >= 11 is 0. The Morgan fingerprint density at radius 2 is 2.00 bits per heavy atom. The van der Waals surface area contributed by atoms with E-state index in [9.17, 15) is 0 Å². The van der Waals surface area contributed by atoms with Crippen LogP contribution in [0.2, 0.25) is 0 Å². The molecule has 1 atom stereocenters. The van der Waals surface area contributed by atoms with Crippen molar-refractivity contribution in [2.24, 2.45) is 5.73 Å². The van der Waals surface area contributed by atoms with Gasteiger partial charge in [-0.3, -0.25) is 0 Å². The first-order valence-corrected chi connectivity index (χ1v) is 7.04. The summed E-state index contributed by atoms with van der Waals surface area (Å²) in [7, 11) is 3.91. The van der Waals surface area contributed by atoms with Crippen LogP contribution < -0.4 is 10.5 Å². The third-order valence-corrected chi connectivity index (χ3v) is 3.77. The Morgan fingerprint density at radius 3 is 2.58 bits per heavy atom. The minimum Gasteiger partial charge on any atom is -0.496 e. The monoisotopic (exact) mass is 264 g/mol. The topological polar surface area (TPSA) is 38.5 Å². The summed E-state index contributed by atoms with van der Waals surface area (Å²) in [5.41, 5.74) is 9.43. The van der Waals surface area contributed by atoms with Crippen molar-refractivity contribution in [1.82, 2.24) is 4.90 Å². The molecule has 0 saturated heterocycles. The van der Waals surface area contributed by atoms with Gasteiger partial charge in [-0.05, 0) is 58.3 Å². The number of ether oxygens (including phenoxy) is 1. The molecule has 3 heteroatoms. The number of rotatable bonds is 7. The molecule has 1 aromatic rings. The van der Waals surface area contributed by atoms with Crippen LogP contribution in [0.3, 0.4) is 0 Å². The predicted octanol–water partition coefficient (Wildman–Crippen LogP) is 2.52. The van der Waals surface area contributed by atoms with E-state index in [0.29, 0.717) is 6.04 Å². The molecule has 0 fully saturated rings. The maximum absolute atomic E-state index is 5.61. The highest BCUT2D eigenvalue weighted by molar-refractivity contribution is 5.43. The minimum absolute atomic E-state index is 0.530. The number of aryl methyl sites for hydroxylation is 2. The van der Waals surface area contributed by atoms with Crippen LogP contribution >= 0.6 is 0 Å². The second-order valence-electron chi connectivity index (χ2n) is 5.43. The van der Waals surface area contributed by atoms with Gasteiger partial charge < -0.3 is 15.4 Å². The fourth-order valence-electron chi connectivity index (χ4n) is 2.50. The van der Waals surface area contributed by atoms with Gasteiger partial charge in [0.2, 0.25) is 0 Å². The van der Waals surface area contributed by atoms with E-state index < -0.39 is 0 Å². The molecule has 2 N–H and O–H groups in total. The van der Waals surface area contributed by atoms with Crippen molar-refractivity contribution >= 4 is 0 Å². The van der Waals surface area contributed by atoms with Gasteiger partial charge in [0.05, 0.1) is 7.11 Å². The average molecular weight is 264 g/mol. The van der Waals surface area contributed by atoms with E-state index in [1.54, 1.807) is 7.11 Å². The van der Waals surface area contributed by atoms with Gasteiger partial charge in [-0.25, -0.2) is 0 Å². The molecule has 0 aromatic heterocycles. The van der Waals surface area contributed by atoms with Crippen molar-refractivity contribution in [3.8, 4) is 5.75 Å². The van der Waals surface area contributed by atoms with Gasteiger partial charge in [0.1, 0.15) is 5.75 Å². The SMILES string of the molecule is COc1c(C)cc(C)cc1CCN(C)C(C)CCN. The summed E-state index contributed by atoms with van der Waals surface area (Å²) in [6, 6.07) is 4.93. The van der Waals surface area contributed by atoms with Crippen molar-refractivity contribution in [2.45, 2.75) is 39.7 Å². The standard InChI is InChI=1S/C16H28N2O/c1-12-10-13(2)16(19-5)15(11-12)7-9-18(4)14(3)6-8-17/h10-11,14H,6-9,17H2,1-5H3. The van der Waals surface area contributed by atoms with Gasteiger partial charge in [-0.1, -0.05) is 17.7 Å². The van der Waals surface area contributed by atoms with Crippen LogP contribution in [0.25, 0.3) is 0 Å². The molecule has 0 spiro atoms. The highest BCUT2D eigenvalue weighted by Gasteiger charge is 2.11. The van der Waals surface area contributed by atoms with Gasteiger partial charge in [0.25, 0.3) is 0 Å². The van der Waals surface area contributed by atoms with Crippen LogP contribution in [0.5, 0.6) is 5.75 Å². The molecule has 0 radical (unpaired) electrons. The predicted molar refractivity (Wildman–Crippen MR) is 81.9 cm³/mol. The van der Waals surface area contributed by atoms with E-state index in [1.165, 1.54) is 16.7 Å². The third-order valence-electron chi connectivity index (χ3n) is 3.77. The fourth-order valence-corrected chi connectivity index (χ4v) is 2.50. The van der Waals surface area contributed by atoms with Crippen molar-refractivity contribution in [3.63, 3.8) is 0 Å². The van der Waals surface area contributed by atoms with E-state index in [0.717, 1.165) is 31.7 Å². The lowest BCUT2D eigenvalue weighted by molar-refractivity contribution is 0.250. The molecule has 0 aliphatic rings. The maximum Gasteiger partial charge on any atom is 0.125 e. The van der Waals surface area contributed by atoms with Gasteiger partial charge >= 0.3 is 0 Å². The summed E-state index contributed by atoms with van der Waals surface area (Å²) in [6.07, 6.45) is 2.05. The molecule has 108 valence electrons. The van der Waals surface area contributed by atoms with E-state index in [2.05, 4.69) is 44.9 Å². The van der Waals surface area contributed by atoms with E-state index in [-0.39, 0.29) is 0 Å². The van der Waals surface area contributed by atoms with Gasteiger partial charge in [0.15, 0.2) is 0 Å². The number of benzene rings is 1. The Labute approximate surface area is 117 Å². The van der Waals surface area contributed by atoms with Crippen molar-refractivity contribution in [2.75, 3.05) is 27.2 Å². The van der Waals surface area contributed by atoms with Crippen molar-refractivity contribution < 1.29 is 4.74 Å². The molecular formula is C16H28N2O. The highest BCUT2D eigenvalue weighted by atomic mass is 16.5. The molecule has 3 nitrogen and oxygen atoms in total. The average Bonchev–Trinajstić information content (AvgIpc) is 2.35. The van der Waals surface area contributed by atoms with Crippen molar-refractivity contribution in [1.29, 1.82) is 0 Å². The lowest BCUT2D eigenvalue weighted by Gasteiger charge is -2.24. The number of hydrogen-bond acceptors (Lipinski definition) is 3. The lowest BCUT2D eigenvalue weighted by atomic mass is 10.0. The third kappa shape index (κ3) is 4.51. The smallest absolute Gasteiger partial charge is 0.125 e. The first kappa shape index (κ1) is 16.0. The number of hydrogen-bond donors (Lipinski definition) is 1. The maximum atomic E-state index is 5.61. The lowest BCUT2D eigenvalue weighted by Crippen LogP contribution is -2.32. The van der Waals surface area contributed by atoms with Crippen LogP contribution in [0.1, 0.15) is 30.0 Å². The van der Waals surface area contributed by atoms with Crippen LogP contribution in [-0.2, 0) is 6.42 Å². The zero-order valence-electron chi connectivity index (χ0n) is 13.0. The second kappa shape index (κ2) is 7.51. The summed E-state index contributed by atoms with van der Waals surface area (Å²) < 4.78 is 5.53. The summed E-state index contributed by atoms with van der Waals surface area (Å²) in [4.78, 5) is 2.37. The van der Waals surface area contributed by atoms with Crippen LogP contribution in [0.15, 0.2) is 12.1 Å². The Bertz CT molecular complexity index is 404. The summed E-state index contributed by atoms with van der Waals surface area (Å²) in [5, 5.41) is 0. The number of methoxy groups -OCH3 is 1. The molecule has 19 heavy (non-hydrogen) atoms. The van der Waals surface area contributed by atoms with Crippen LogP contribution in [0, 0.1) is 13.8 Å². The van der Waals surface area contributed by atoms with Gasteiger partial charge in [-0.2, -0.15) is 0 Å².